The molecule has 0 heterocycles. The van der Waals surface area contributed by atoms with Crippen LogP contribution in [-0.2, 0) is 16.0 Å². The maximum absolute atomic E-state index is 11.9. The first kappa shape index (κ1) is 13.6. The fraction of sp³-hybridized carbons (Fsp3) is 0.467. The minimum absolute atomic E-state index is 0.0215. The van der Waals surface area contributed by atoms with Gasteiger partial charge in [0, 0.05) is 12.1 Å². The highest BCUT2D eigenvalue weighted by Crippen LogP contribution is 2.27. The summed E-state index contributed by atoms with van der Waals surface area (Å²) >= 11 is 0. The van der Waals surface area contributed by atoms with Gasteiger partial charge in [0.25, 0.3) is 0 Å². The number of hydrogen-bond donors (Lipinski definition) is 2. The molecule has 0 saturated heterocycles. The number of carbonyl (C=O) groups is 2. The van der Waals surface area contributed by atoms with E-state index in [2.05, 4.69) is 5.32 Å². The van der Waals surface area contributed by atoms with Crippen molar-refractivity contribution in [3.8, 4) is 0 Å². The molecular formula is C15H19NO3. The number of anilines is 1. The normalized spacial score (nSPS) is 15.4. The molecule has 2 rings (SSSR count). The highest BCUT2D eigenvalue weighted by Gasteiger charge is 2.18. The molecule has 0 aliphatic heterocycles. The molecule has 0 radical (unpaired) electrons. The lowest BCUT2D eigenvalue weighted by molar-refractivity contribution is -0.136. The quantitative estimate of drug-likeness (QED) is 0.856. The molecule has 1 aromatic rings. The Hall–Kier alpha value is -1.84. The first-order valence-electron chi connectivity index (χ1n) is 6.74. The van der Waals surface area contributed by atoms with Gasteiger partial charge in [-0.1, -0.05) is 25.0 Å². The third-order valence-corrected chi connectivity index (χ3v) is 3.51. The first-order valence-corrected chi connectivity index (χ1v) is 6.74. The van der Waals surface area contributed by atoms with Gasteiger partial charge in [0.1, 0.15) is 0 Å². The Balaban J connectivity index is 1.90. The fourth-order valence-electron chi connectivity index (χ4n) is 2.62. The molecule has 102 valence electrons. The number of carboxylic acids is 1. The van der Waals surface area contributed by atoms with Crippen molar-refractivity contribution in [3.05, 3.63) is 29.8 Å². The molecule has 1 amide bonds. The Bertz CT molecular complexity index is 464. The fourth-order valence-corrected chi connectivity index (χ4v) is 2.62. The van der Waals surface area contributed by atoms with Crippen molar-refractivity contribution in [2.24, 2.45) is 5.92 Å². The molecule has 1 aliphatic carbocycles. The second kappa shape index (κ2) is 6.36. The van der Waals surface area contributed by atoms with Gasteiger partial charge in [-0.3, -0.25) is 9.59 Å². The maximum Gasteiger partial charge on any atom is 0.307 e. The van der Waals surface area contributed by atoms with Gasteiger partial charge in [0.15, 0.2) is 0 Å². The summed E-state index contributed by atoms with van der Waals surface area (Å²) in [7, 11) is 0. The van der Waals surface area contributed by atoms with E-state index in [0.717, 1.165) is 12.8 Å². The van der Waals surface area contributed by atoms with Gasteiger partial charge < -0.3 is 10.4 Å². The molecular weight excluding hydrogens is 242 g/mol. The molecule has 0 spiro atoms. The maximum atomic E-state index is 11.9. The van der Waals surface area contributed by atoms with Crippen LogP contribution in [-0.4, -0.2) is 17.0 Å². The topological polar surface area (TPSA) is 66.4 Å². The Morgan fingerprint density at radius 2 is 2.00 bits per heavy atom. The van der Waals surface area contributed by atoms with Crippen LogP contribution < -0.4 is 5.32 Å². The molecule has 0 atom stereocenters. The van der Waals surface area contributed by atoms with E-state index in [9.17, 15) is 9.59 Å². The molecule has 2 N–H and O–H groups in total. The molecule has 0 bridgehead atoms. The molecule has 4 heteroatoms. The second-order valence-electron chi connectivity index (χ2n) is 5.17. The number of benzene rings is 1. The van der Waals surface area contributed by atoms with Crippen molar-refractivity contribution in [1.82, 2.24) is 0 Å². The third kappa shape index (κ3) is 4.39. The smallest absolute Gasteiger partial charge is 0.307 e. The summed E-state index contributed by atoms with van der Waals surface area (Å²) < 4.78 is 0. The molecule has 1 aliphatic rings. The van der Waals surface area contributed by atoms with Crippen molar-refractivity contribution in [2.75, 3.05) is 5.32 Å². The molecule has 4 nitrogen and oxygen atoms in total. The van der Waals surface area contributed by atoms with Crippen LogP contribution >= 0.6 is 0 Å². The van der Waals surface area contributed by atoms with Crippen LogP contribution in [0.4, 0.5) is 5.69 Å². The van der Waals surface area contributed by atoms with E-state index < -0.39 is 5.97 Å². The van der Waals surface area contributed by atoms with Crippen molar-refractivity contribution in [1.29, 1.82) is 0 Å². The average molecular weight is 261 g/mol. The van der Waals surface area contributed by atoms with Gasteiger partial charge >= 0.3 is 5.97 Å². The number of aliphatic carboxylic acids is 1. The molecule has 1 fully saturated rings. The van der Waals surface area contributed by atoms with Gasteiger partial charge in [-0.15, -0.1) is 0 Å². The molecule has 0 aromatic heterocycles. The Labute approximate surface area is 112 Å². The largest absolute Gasteiger partial charge is 0.481 e. The van der Waals surface area contributed by atoms with Crippen molar-refractivity contribution >= 4 is 17.6 Å². The number of carboxylic acid groups (broad SMARTS) is 1. The molecule has 0 unspecified atom stereocenters. The summed E-state index contributed by atoms with van der Waals surface area (Å²) in [5.74, 6) is -0.323. The number of hydrogen-bond acceptors (Lipinski definition) is 2. The number of rotatable bonds is 5. The first-order chi connectivity index (χ1) is 9.13. The number of carbonyl (C=O) groups excluding carboxylic acids is 1. The van der Waals surface area contributed by atoms with Crippen LogP contribution in [0.3, 0.4) is 0 Å². The Kier molecular flexibility index (Phi) is 4.55. The van der Waals surface area contributed by atoms with Gasteiger partial charge in [0.05, 0.1) is 6.42 Å². The van der Waals surface area contributed by atoms with E-state index >= 15 is 0 Å². The lowest BCUT2D eigenvalue weighted by atomic mass is 10.0. The van der Waals surface area contributed by atoms with E-state index in [1.54, 1.807) is 24.3 Å². The van der Waals surface area contributed by atoms with Crippen molar-refractivity contribution < 1.29 is 14.7 Å². The zero-order valence-electron chi connectivity index (χ0n) is 10.9. The van der Waals surface area contributed by atoms with Gasteiger partial charge in [-0.25, -0.2) is 0 Å². The van der Waals surface area contributed by atoms with Crippen LogP contribution in [0.25, 0.3) is 0 Å². The molecule has 1 aromatic carbocycles. The summed E-state index contributed by atoms with van der Waals surface area (Å²) in [5, 5.41) is 11.6. The standard InChI is InChI=1S/C15H19NO3/c17-14(9-11-4-1-2-5-11)16-13-7-3-6-12(8-13)10-15(18)19/h3,6-8,11H,1-2,4-5,9-10H2,(H,16,17)(H,18,19). The highest BCUT2D eigenvalue weighted by atomic mass is 16.4. The van der Waals surface area contributed by atoms with Crippen LogP contribution in [0.2, 0.25) is 0 Å². The van der Waals surface area contributed by atoms with Gasteiger partial charge in [-0.2, -0.15) is 0 Å². The third-order valence-electron chi connectivity index (χ3n) is 3.51. The van der Waals surface area contributed by atoms with E-state index in [4.69, 9.17) is 5.11 Å². The zero-order chi connectivity index (χ0) is 13.7. The van der Waals surface area contributed by atoms with Crippen LogP contribution in [0, 0.1) is 5.92 Å². The zero-order valence-corrected chi connectivity index (χ0v) is 10.9. The average Bonchev–Trinajstić information content (AvgIpc) is 2.81. The molecule has 19 heavy (non-hydrogen) atoms. The van der Waals surface area contributed by atoms with Crippen LogP contribution in [0.1, 0.15) is 37.7 Å². The monoisotopic (exact) mass is 261 g/mol. The van der Waals surface area contributed by atoms with E-state index in [0.29, 0.717) is 23.6 Å². The number of amides is 1. The summed E-state index contributed by atoms with van der Waals surface area (Å²) in [4.78, 5) is 22.5. The minimum atomic E-state index is -0.866. The van der Waals surface area contributed by atoms with Crippen molar-refractivity contribution in [3.63, 3.8) is 0 Å². The summed E-state index contributed by atoms with van der Waals surface area (Å²) in [5.41, 5.74) is 1.38. The SMILES string of the molecule is O=C(O)Cc1cccc(NC(=O)CC2CCCC2)c1. The van der Waals surface area contributed by atoms with Gasteiger partial charge in [0.2, 0.25) is 5.91 Å². The lowest BCUT2D eigenvalue weighted by Gasteiger charge is -2.10. The highest BCUT2D eigenvalue weighted by molar-refractivity contribution is 5.91. The van der Waals surface area contributed by atoms with E-state index in [-0.39, 0.29) is 12.3 Å². The summed E-state index contributed by atoms with van der Waals surface area (Å²) in [6.45, 7) is 0. The minimum Gasteiger partial charge on any atom is -0.481 e. The van der Waals surface area contributed by atoms with Crippen LogP contribution in [0.15, 0.2) is 24.3 Å². The van der Waals surface area contributed by atoms with Gasteiger partial charge in [-0.05, 0) is 36.5 Å². The van der Waals surface area contributed by atoms with E-state index in [1.807, 2.05) is 0 Å². The van der Waals surface area contributed by atoms with Crippen LogP contribution in [0.5, 0.6) is 0 Å². The summed E-state index contributed by atoms with van der Waals surface area (Å²) in [6.07, 6.45) is 5.30. The Morgan fingerprint density at radius 1 is 1.26 bits per heavy atom. The Morgan fingerprint density at radius 3 is 2.68 bits per heavy atom. The molecule has 1 saturated carbocycles. The predicted molar refractivity (Wildman–Crippen MR) is 73.0 cm³/mol. The second-order valence-corrected chi connectivity index (χ2v) is 5.17. The number of nitrogens with one attached hydrogen (secondary N) is 1. The lowest BCUT2D eigenvalue weighted by Crippen LogP contribution is -2.15. The van der Waals surface area contributed by atoms with E-state index in [1.165, 1.54) is 12.8 Å². The predicted octanol–water partition coefficient (Wildman–Crippen LogP) is 2.83. The van der Waals surface area contributed by atoms with Crippen molar-refractivity contribution in [2.45, 2.75) is 38.5 Å². The summed E-state index contributed by atoms with van der Waals surface area (Å²) in [6, 6.07) is 7.03.